The van der Waals surface area contributed by atoms with Crippen LogP contribution in [0, 0.1) is 0 Å². The molecular weight excluding hydrogens is 425 g/mol. The number of carboxylic acids is 1. The first-order valence-electron chi connectivity index (χ1n) is 8.70. The van der Waals surface area contributed by atoms with Gasteiger partial charge in [0, 0.05) is 4.90 Å². The molecule has 0 saturated carbocycles. The fraction of sp³-hybridized carbons (Fsp3) is 0.316. The summed E-state index contributed by atoms with van der Waals surface area (Å²) in [4.78, 5) is 38.7. The third-order valence-electron chi connectivity index (χ3n) is 4.51. The number of carboxylic acid groups (broad SMARTS) is 1. The monoisotopic (exact) mass is 442 g/mol. The molecule has 1 N–H and O–H groups in total. The predicted molar refractivity (Wildman–Crippen MR) is 101 cm³/mol. The number of carbonyl (C=O) groups is 3. The number of hydrogen-bond donors (Lipinski definition) is 1. The number of aliphatic carboxylic acids is 1. The van der Waals surface area contributed by atoms with Crippen LogP contribution in [-0.4, -0.2) is 39.0 Å². The van der Waals surface area contributed by atoms with Crippen LogP contribution in [0.3, 0.4) is 0 Å². The van der Waals surface area contributed by atoms with Crippen molar-refractivity contribution in [3.8, 4) is 0 Å². The summed E-state index contributed by atoms with van der Waals surface area (Å²) < 4.78 is 42.9. The van der Waals surface area contributed by atoms with Crippen molar-refractivity contribution in [1.82, 2.24) is 4.90 Å². The molecule has 160 valence electrons. The Kier molecular flexibility index (Phi) is 5.59. The fourth-order valence-corrected chi connectivity index (χ4v) is 3.57. The highest BCUT2D eigenvalue weighted by Crippen LogP contribution is 2.39. The molecule has 2 aromatic rings. The molecule has 0 unspecified atom stereocenters. The second kappa shape index (κ2) is 7.71. The smallest absolute Gasteiger partial charge is 0.446 e. The summed E-state index contributed by atoms with van der Waals surface area (Å²) in [5.41, 5.74) is -5.53. The Hall–Kier alpha value is -2.95. The van der Waals surface area contributed by atoms with Crippen molar-refractivity contribution in [2.75, 3.05) is 4.90 Å². The topological polar surface area (TPSA) is 91.1 Å². The highest BCUT2D eigenvalue weighted by atomic mass is 32.2. The van der Waals surface area contributed by atoms with Gasteiger partial charge >= 0.3 is 17.5 Å². The van der Waals surface area contributed by atoms with Gasteiger partial charge in [-0.15, -0.1) is 0 Å². The number of anilines is 1. The molecule has 3 rings (SSSR count). The van der Waals surface area contributed by atoms with E-state index in [1.54, 1.807) is 13.8 Å². The van der Waals surface area contributed by atoms with Gasteiger partial charge < -0.3 is 14.4 Å². The Balaban J connectivity index is 1.81. The average Bonchev–Trinajstić information content (AvgIpc) is 3.11. The van der Waals surface area contributed by atoms with Crippen LogP contribution >= 0.6 is 11.8 Å². The summed E-state index contributed by atoms with van der Waals surface area (Å²) in [5.74, 6) is -1.09. The first-order chi connectivity index (χ1) is 13.9. The molecule has 1 saturated heterocycles. The lowest BCUT2D eigenvalue weighted by molar-refractivity contribution is -0.136. The Labute approximate surface area is 173 Å². The van der Waals surface area contributed by atoms with Gasteiger partial charge in [0.1, 0.15) is 23.5 Å². The summed E-state index contributed by atoms with van der Waals surface area (Å²) in [6.07, 6.45) is -0.315. The SMILES string of the molecule is CC1(C)C(=O)N(c2ccc(SC(F)(F)F)cc2)C(=O)N1Cc1ccc(CC(=O)O)o1. The van der Waals surface area contributed by atoms with E-state index < -0.39 is 29.0 Å². The number of amides is 3. The molecule has 1 aromatic carbocycles. The molecule has 1 fully saturated rings. The molecule has 0 atom stereocenters. The van der Waals surface area contributed by atoms with E-state index in [2.05, 4.69) is 0 Å². The van der Waals surface area contributed by atoms with Crippen molar-refractivity contribution in [3.63, 3.8) is 0 Å². The molecule has 30 heavy (non-hydrogen) atoms. The van der Waals surface area contributed by atoms with E-state index >= 15 is 0 Å². The molecule has 0 radical (unpaired) electrons. The van der Waals surface area contributed by atoms with Crippen molar-refractivity contribution in [2.45, 2.75) is 42.8 Å². The van der Waals surface area contributed by atoms with Gasteiger partial charge in [-0.3, -0.25) is 9.59 Å². The molecule has 0 bridgehead atoms. The van der Waals surface area contributed by atoms with Gasteiger partial charge in [0.25, 0.3) is 5.91 Å². The molecule has 0 aliphatic carbocycles. The number of benzene rings is 1. The fourth-order valence-electron chi connectivity index (χ4n) is 3.03. The Morgan fingerprint density at radius 2 is 1.70 bits per heavy atom. The highest BCUT2D eigenvalue weighted by Gasteiger charge is 2.52. The minimum Gasteiger partial charge on any atom is -0.481 e. The molecular formula is C19H17F3N2O5S. The van der Waals surface area contributed by atoms with E-state index in [-0.39, 0.29) is 41.1 Å². The van der Waals surface area contributed by atoms with Gasteiger partial charge in [-0.2, -0.15) is 13.2 Å². The second-order valence-corrected chi connectivity index (χ2v) is 8.19. The van der Waals surface area contributed by atoms with Crippen molar-refractivity contribution in [3.05, 3.63) is 47.9 Å². The summed E-state index contributed by atoms with van der Waals surface area (Å²) in [7, 11) is 0. The molecule has 0 spiro atoms. The van der Waals surface area contributed by atoms with Crippen molar-refractivity contribution >= 4 is 35.4 Å². The van der Waals surface area contributed by atoms with Gasteiger partial charge in [0.15, 0.2) is 0 Å². The van der Waals surface area contributed by atoms with Crippen molar-refractivity contribution in [1.29, 1.82) is 0 Å². The van der Waals surface area contributed by atoms with Gasteiger partial charge in [0.2, 0.25) is 0 Å². The molecule has 2 heterocycles. The number of alkyl halides is 3. The quantitative estimate of drug-likeness (QED) is 0.531. The lowest BCUT2D eigenvalue weighted by Crippen LogP contribution is -2.43. The maximum absolute atomic E-state index is 12.9. The molecule has 1 aliphatic heterocycles. The first-order valence-corrected chi connectivity index (χ1v) is 9.51. The normalized spacial score (nSPS) is 16.4. The third kappa shape index (κ3) is 4.45. The van der Waals surface area contributed by atoms with E-state index in [1.807, 2.05) is 0 Å². The van der Waals surface area contributed by atoms with E-state index in [0.717, 1.165) is 4.90 Å². The van der Waals surface area contributed by atoms with Crippen LogP contribution in [0.2, 0.25) is 0 Å². The maximum atomic E-state index is 12.9. The number of urea groups is 1. The van der Waals surface area contributed by atoms with E-state index in [9.17, 15) is 27.6 Å². The van der Waals surface area contributed by atoms with Crippen LogP contribution in [0.5, 0.6) is 0 Å². The zero-order chi connectivity index (χ0) is 22.3. The van der Waals surface area contributed by atoms with Gasteiger partial charge in [-0.25, -0.2) is 9.69 Å². The van der Waals surface area contributed by atoms with Gasteiger partial charge in [-0.05, 0) is 62.0 Å². The van der Waals surface area contributed by atoms with Crippen LogP contribution < -0.4 is 4.90 Å². The van der Waals surface area contributed by atoms with Crippen LogP contribution in [0.25, 0.3) is 0 Å². The van der Waals surface area contributed by atoms with Crippen LogP contribution in [-0.2, 0) is 22.6 Å². The number of thioether (sulfide) groups is 1. The molecule has 3 amide bonds. The van der Waals surface area contributed by atoms with Crippen LogP contribution in [0.1, 0.15) is 25.4 Å². The standard InChI is InChI=1S/C19H17F3N2O5S/c1-18(2)16(27)24(11-3-7-14(8-4-11)30-19(20,21)22)17(28)23(18)10-13-6-5-12(29-13)9-15(25)26/h3-8H,9-10H2,1-2H3,(H,25,26). The van der Waals surface area contributed by atoms with Crippen molar-refractivity contribution in [2.24, 2.45) is 0 Å². The lowest BCUT2D eigenvalue weighted by atomic mass is 10.0. The highest BCUT2D eigenvalue weighted by molar-refractivity contribution is 8.00. The molecule has 1 aliphatic rings. The second-order valence-electron chi connectivity index (χ2n) is 7.05. The van der Waals surface area contributed by atoms with Gasteiger partial charge in [0.05, 0.1) is 12.2 Å². The number of imide groups is 1. The summed E-state index contributed by atoms with van der Waals surface area (Å²) in [6, 6.07) is 7.29. The lowest BCUT2D eigenvalue weighted by Gasteiger charge is -2.26. The van der Waals surface area contributed by atoms with Crippen LogP contribution in [0.15, 0.2) is 45.7 Å². The third-order valence-corrected chi connectivity index (χ3v) is 5.25. The number of carbonyl (C=O) groups excluding carboxylic acids is 2. The van der Waals surface area contributed by atoms with Crippen LogP contribution in [0.4, 0.5) is 23.7 Å². The maximum Gasteiger partial charge on any atom is 0.446 e. The Morgan fingerprint density at radius 1 is 1.10 bits per heavy atom. The number of furan rings is 1. The zero-order valence-corrected chi connectivity index (χ0v) is 16.7. The number of halogens is 3. The largest absolute Gasteiger partial charge is 0.481 e. The molecule has 1 aromatic heterocycles. The number of nitrogens with zero attached hydrogens (tertiary/aromatic N) is 2. The van der Waals surface area contributed by atoms with Gasteiger partial charge in [-0.1, -0.05) is 0 Å². The number of hydrogen-bond acceptors (Lipinski definition) is 5. The Bertz CT molecular complexity index is 985. The van der Waals surface area contributed by atoms with E-state index in [4.69, 9.17) is 9.52 Å². The average molecular weight is 442 g/mol. The number of rotatable bonds is 6. The first kappa shape index (κ1) is 21.8. The minimum absolute atomic E-state index is 0.0667. The minimum atomic E-state index is -4.44. The van der Waals surface area contributed by atoms with E-state index in [1.165, 1.54) is 41.3 Å². The summed E-state index contributed by atoms with van der Waals surface area (Å²) in [6.45, 7) is 3.01. The van der Waals surface area contributed by atoms with Crippen molar-refractivity contribution < 1.29 is 37.1 Å². The molecule has 7 nitrogen and oxygen atoms in total. The van der Waals surface area contributed by atoms with E-state index in [0.29, 0.717) is 5.76 Å². The summed E-state index contributed by atoms with van der Waals surface area (Å²) in [5, 5.41) is 8.82. The zero-order valence-electron chi connectivity index (χ0n) is 15.9. The predicted octanol–water partition coefficient (Wildman–Crippen LogP) is 4.27. The molecule has 11 heteroatoms. The summed E-state index contributed by atoms with van der Waals surface area (Å²) >= 11 is -0.291. The Morgan fingerprint density at radius 3 is 2.27 bits per heavy atom.